The van der Waals surface area contributed by atoms with Crippen LogP contribution in [0.4, 0.5) is 0 Å². The number of benzene rings is 1. The van der Waals surface area contributed by atoms with Gasteiger partial charge in [0.15, 0.2) is 6.29 Å². The van der Waals surface area contributed by atoms with Gasteiger partial charge in [-0.1, -0.05) is 36.7 Å². The Morgan fingerprint density at radius 2 is 2.11 bits per heavy atom. The highest BCUT2D eigenvalue weighted by Gasteiger charge is 2.46. The van der Waals surface area contributed by atoms with Crippen molar-refractivity contribution in [1.29, 1.82) is 0 Å². The van der Waals surface area contributed by atoms with Gasteiger partial charge in [0.2, 0.25) is 0 Å². The summed E-state index contributed by atoms with van der Waals surface area (Å²) in [4.78, 5) is 14.9. The maximum Gasteiger partial charge on any atom is 0.338 e. The maximum atomic E-state index is 12.1. The van der Waals surface area contributed by atoms with E-state index in [4.69, 9.17) is 24.5 Å². The molecule has 0 aliphatic carbocycles. The maximum absolute atomic E-state index is 12.1. The molecule has 1 fully saturated rings. The molecule has 1 aromatic rings. The third kappa shape index (κ3) is 5.66. The minimum atomic E-state index is -1.15. The molecule has 1 aromatic carbocycles. The van der Waals surface area contributed by atoms with Crippen LogP contribution in [0.2, 0.25) is 0 Å². The van der Waals surface area contributed by atoms with Crippen molar-refractivity contribution in [3.05, 3.63) is 46.3 Å². The summed E-state index contributed by atoms with van der Waals surface area (Å²) in [5, 5.41) is 14.3. The summed E-state index contributed by atoms with van der Waals surface area (Å²) in [6.45, 7) is 2.21. The number of ether oxygens (including phenoxy) is 4. The van der Waals surface area contributed by atoms with Crippen LogP contribution in [0.1, 0.15) is 30.1 Å². The Morgan fingerprint density at radius 1 is 1.37 bits per heavy atom. The molecule has 1 aliphatic heterocycles. The van der Waals surface area contributed by atoms with Crippen LogP contribution in [0.5, 0.6) is 0 Å². The molecule has 1 aliphatic rings. The first-order chi connectivity index (χ1) is 13.1. The predicted molar refractivity (Wildman–Crippen MR) is 96.0 cm³/mol. The molecule has 148 valence electrons. The van der Waals surface area contributed by atoms with Gasteiger partial charge in [0.1, 0.15) is 24.9 Å². The van der Waals surface area contributed by atoms with Gasteiger partial charge in [-0.3, -0.25) is 0 Å². The van der Waals surface area contributed by atoms with Gasteiger partial charge in [0.25, 0.3) is 0 Å². The molecule has 0 bridgehead atoms. The van der Waals surface area contributed by atoms with E-state index < -0.39 is 36.6 Å². The zero-order valence-electron chi connectivity index (χ0n) is 15.4. The molecule has 3 unspecified atom stereocenters. The highest BCUT2D eigenvalue weighted by Crippen LogP contribution is 2.27. The van der Waals surface area contributed by atoms with Crippen LogP contribution in [0.15, 0.2) is 35.4 Å². The van der Waals surface area contributed by atoms with Crippen molar-refractivity contribution < 1.29 is 28.8 Å². The van der Waals surface area contributed by atoms with Gasteiger partial charge in [-0.05, 0) is 24.1 Å². The fourth-order valence-electron chi connectivity index (χ4n) is 2.79. The van der Waals surface area contributed by atoms with Gasteiger partial charge in [0.05, 0.1) is 11.7 Å². The third-order valence-electron chi connectivity index (χ3n) is 4.26. The predicted octanol–water partition coefficient (Wildman–Crippen LogP) is 2.44. The van der Waals surface area contributed by atoms with E-state index >= 15 is 0 Å². The second-order valence-corrected chi connectivity index (χ2v) is 6.12. The quantitative estimate of drug-likeness (QED) is 0.231. The molecule has 0 saturated carbocycles. The Kier molecular flexibility index (Phi) is 8.50. The van der Waals surface area contributed by atoms with Crippen LogP contribution in [-0.2, 0) is 18.9 Å². The Morgan fingerprint density at radius 3 is 2.74 bits per heavy atom. The first kappa shape index (κ1) is 21.1. The van der Waals surface area contributed by atoms with E-state index in [1.165, 1.54) is 7.11 Å². The number of unbranched alkanes of at least 4 members (excludes halogenated alkanes) is 1. The van der Waals surface area contributed by atoms with Gasteiger partial charge in [-0.15, -0.1) is 0 Å². The van der Waals surface area contributed by atoms with Crippen LogP contribution in [0, 0.1) is 0 Å². The number of carbonyl (C=O) groups is 1. The Balaban J connectivity index is 2.06. The van der Waals surface area contributed by atoms with E-state index in [1.54, 1.807) is 30.3 Å². The SMILES string of the molecule is CCCCOC1C(N=[N+]=[N-])[C@@H](OC)OC(COC(=O)c2ccccc2)[C@H]1O. The molecule has 0 aromatic heterocycles. The molecule has 2 rings (SSSR count). The van der Waals surface area contributed by atoms with E-state index in [-0.39, 0.29) is 6.61 Å². The molecule has 5 atom stereocenters. The van der Waals surface area contributed by atoms with Gasteiger partial charge in [-0.2, -0.15) is 0 Å². The highest BCUT2D eigenvalue weighted by molar-refractivity contribution is 5.89. The van der Waals surface area contributed by atoms with Crippen molar-refractivity contribution in [3.63, 3.8) is 0 Å². The van der Waals surface area contributed by atoms with E-state index in [9.17, 15) is 9.90 Å². The van der Waals surface area contributed by atoms with Crippen molar-refractivity contribution in [2.45, 2.75) is 50.4 Å². The number of carbonyl (C=O) groups excluding carboxylic acids is 1. The molecular weight excluding hydrogens is 354 g/mol. The normalized spacial score (nSPS) is 27.6. The molecule has 0 radical (unpaired) electrons. The number of hydrogen-bond acceptors (Lipinski definition) is 7. The summed E-state index contributed by atoms with van der Waals surface area (Å²) < 4.78 is 21.9. The van der Waals surface area contributed by atoms with Gasteiger partial charge >= 0.3 is 5.97 Å². The van der Waals surface area contributed by atoms with Crippen LogP contribution in [-0.4, -0.2) is 62.0 Å². The van der Waals surface area contributed by atoms with Gasteiger partial charge in [-0.25, -0.2) is 4.79 Å². The summed E-state index contributed by atoms with van der Waals surface area (Å²) in [6.07, 6.45) is -2.06. The molecule has 1 N–H and O–H groups in total. The topological polar surface area (TPSA) is 123 Å². The first-order valence-corrected chi connectivity index (χ1v) is 8.86. The van der Waals surface area contributed by atoms with Crippen molar-refractivity contribution >= 4 is 5.97 Å². The van der Waals surface area contributed by atoms with E-state index in [1.807, 2.05) is 6.92 Å². The van der Waals surface area contributed by atoms with Crippen molar-refractivity contribution in [1.82, 2.24) is 0 Å². The average molecular weight is 379 g/mol. The molecule has 9 nitrogen and oxygen atoms in total. The summed E-state index contributed by atoms with van der Waals surface area (Å²) >= 11 is 0. The summed E-state index contributed by atoms with van der Waals surface area (Å²) in [5.74, 6) is -0.527. The number of methoxy groups -OCH3 is 1. The largest absolute Gasteiger partial charge is 0.459 e. The van der Waals surface area contributed by atoms with Crippen LogP contribution < -0.4 is 0 Å². The number of esters is 1. The van der Waals surface area contributed by atoms with Crippen molar-refractivity contribution in [2.75, 3.05) is 20.3 Å². The van der Waals surface area contributed by atoms with Crippen LogP contribution in [0.25, 0.3) is 10.4 Å². The average Bonchev–Trinajstić information content (AvgIpc) is 2.70. The van der Waals surface area contributed by atoms with Crippen LogP contribution in [0.3, 0.4) is 0 Å². The lowest BCUT2D eigenvalue weighted by atomic mass is 9.97. The lowest BCUT2D eigenvalue weighted by Gasteiger charge is -2.42. The van der Waals surface area contributed by atoms with E-state index in [0.29, 0.717) is 12.2 Å². The Bertz CT molecular complexity index is 637. The first-order valence-electron chi connectivity index (χ1n) is 8.86. The second kappa shape index (κ2) is 10.9. The number of nitrogens with zero attached hydrogens (tertiary/aromatic N) is 3. The molecule has 1 heterocycles. The van der Waals surface area contributed by atoms with Gasteiger partial charge in [0, 0.05) is 18.6 Å². The second-order valence-electron chi connectivity index (χ2n) is 6.12. The number of azide groups is 1. The molecule has 27 heavy (non-hydrogen) atoms. The lowest BCUT2D eigenvalue weighted by molar-refractivity contribution is -0.265. The van der Waals surface area contributed by atoms with Crippen molar-refractivity contribution in [3.8, 4) is 0 Å². The molecule has 1 saturated heterocycles. The van der Waals surface area contributed by atoms with Crippen LogP contribution >= 0.6 is 0 Å². The standard InChI is InChI=1S/C18H25N3O6/c1-3-4-10-25-16-14(20-21-19)18(24-2)27-13(15(16)22)11-26-17(23)12-8-6-5-7-9-12/h5-9,13-16,18,22H,3-4,10-11H2,1-2H3/t13?,14?,15-,16?,18+/m1/s1. The molecule has 0 amide bonds. The Labute approximate surface area is 157 Å². The molecule has 9 heteroatoms. The smallest absolute Gasteiger partial charge is 0.338 e. The Hall–Kier alpha value is -2.16. The summed E-state index contributed by atoms with van der Waals surface area (Å²) in [7, 11) is 1.40. The van der Waals surface area contributed by atoms with E-state index in [2.05, 4.69) is 10.0 Å². The van der Waals surface area contributed by atoms with Crippen molar-refractivity contribution in [2.24, 2.45) is 5.11 Å². The minimum absolute atomic E-state index is 0.189. The number of aliphatic hydroxyl groups excluding tert-OH is 1. The minimum Gasteiger partial charge on any atom is -0.459 e. The molecular formula is C18H25N3O6. The fourth-order valence-corrected chi connectivity index (χ4v) is 2.79. The lowest BCUT2D eigenvalue weighted by Crippen LogP contribution is -2.59. The summed E-state index contributed by atoms with van der Waals surface area (Å²) in [5.41, 5.74) is 9.21. The number of aliphatic hydroxyl groups is 1. The number of rotatable bonds is 9. The molecule has 0 spiro atoms. The zero-order valence-corrected chi connectivity index (χ0v) is 15.4. The third-order valence-corrected chi connectivity index (χ3v) is 4.26. The highest BCUT2D eigenvalue weighted by atomic mass is 16.7. The van der Waals surface area contributed by atoms with Gasteiger partial charge < -0.3 is 24.1 Å². The monoisotopic (exact) mass is 379 g/mol. The summed E-state index contributed by atoms with van der Waals surface area (Å²) in [6, 6.07) is 7.66. The zero-order chi connectivity index (χ0) is 19.6. The van der Waals surface area contributed by atoms with E-state index in [0.717, 1.165) is 12.8 Å². The fraction of sp³-hybridized carbons (Fsp3) is 0.611. The number of hydrogen-bond donors (Lipinski definition) is 1.